The Hall–Kier alpha value is -0.970. The molecule has 0 radical (unpaired) electrons. The van der Waals surface area contributed by atoms with Gasteiger partial charge >= 0.3 is 0 Å². The third-order valence-electron chi connectivity index (χ3n) is 4.01. The van der Waals surface area contributed by atoms with Crippen LogP contribution in [0.4, 0.5) is 0 Å². The Labute approximate surface area is 125 Å². The van der Waals surface area contributed by atoms with Crippen LogP contribution in [0, 0.1) is 5.92 Å². The first-order chi connectivity index (χ1) is 9.63. The summed E-state index contributed by atoms with van der Waals surface area (Å²) in [5.41, 5.74) is 6.44. The number of methoxy groups -OCH3 is 1. The number of rotatable bonds is 5. The summed E-state index contributed by atoms with van der Waals surface area (Å²) in [6, 6.07) is 3.44. The van der Waals surface area contributed by atoms with Gasteiger partial charge in [-0.05, 0) is 50.9 Å². The predicted octanol–water partition coefficient (Wildman–Crippen LogP) is 2.62. The molecule has 0 aromatic heterocycles. The van der Waals surface area contributed by atoms with Crippen molar-refractivity contribution in [3.8, 4) is 11.5 Å². The molecule has 1 aliphatic rings. The van der Waals surface area contributed by atoms with E-state index in [-0.39, 0.29) is 5.75 Å². The van der Waals surface area contributed by atoms with Gasteiger partial charge in [0.15, 0.2) is 11.5 Å². The van der Waals surface area contributed by atoms with Gasteiger partial charge < -0.3 is 15.6 Å². The molecule has 1 aromatic carbocycles. The van der Waals surface area contributed by atoms with Crippen molar-refractivity contribution in [1.82, 2.24) is 4.90 Å². The van der Waals surface area contributed by atoms with E-state index in [2.05, 4.69) is 4.90 Å². The van der Waals surface area contributed by atoms with E-state index in [0.717, 1.165) is 37.5 Å². The average molecular weight is 299 g/mol. The topological polar surface area (TPSA) is 58.7 Å². The lowest BCUT2D eigenvalue weighted by Gasteiger charge is -2.32. The van der Waals surface area contributed by atoms with Crippen LogP contribution in [0.1, 0.15) is 24.8 Å². The lowest BCUT2D eigenvalue weighted by Crippen LogP contribution is -2.33. The van der Waals surface area contributed by atoms with Crippen molar-refractivity contribution in [2.75, 3.05) is 26.7 Å². The molecule has 2 rings (SSSR count). The number of phenolic OH excluding ortho intramolecular Hbond substituents is 1. The summed E-state index contributed by atoms with van der Waals surface area (Å²) in [4.78, 5) is 2.35. The summed E-state index contributed by atoms with van der Waals surface area (Å²) < 4.78 is 5.14. The zero-order valence-corrected chi connectivity index (χ0v) is 12.7. The van der Waals surface area contributed by atoms with Crippen molar-refractivity contribution in [3.63, 3.8) is 0 Å². The van der Waals surface area contributed by atoms with Crippen LogP contribution in [-0.2, 0) is 6.54 Å². The number of aromatic hydroxyl groups is 1. The number of hydrogen-bond acceptors (Lipinski definition) is 4. The monoisotopic (exact) mass is 298 g/mol. The molecule has 0 atom stereocenters. The lowest BCUT2D eigenvalue weighted by molar-refractivity contribution is 0.172. The summed E-state index contributed by atoms with van der Waals surface area (Å²) >= 11 is 6.06. The molecule has 1 aliphatic heterocycles. The van der Waals surface area contributed by atoms with Gasteiger partial charge in [0, 0.05) is 23.2 Å². The first-order valence-electron chi connectivity index (χ1n) is 7.11. The Morgan fingerprint density at radius 1 is 1.40 bits per heavy atom. The maximum Gasteiger partial charge on any atom is 0.162 e. The van der Waals surface area contributed by atoms with Gasteiger partial charge in [0.05, 0.1) is 7.11 Å². The molecular formula is C15H23ClN2O2. The Balaban J connectivity index is 1.99. The van der Waals surface area contributed by atoms with Crippen LogP contribution in [0.2, 0.25) is 5.02 Å². The first-order valence-corrected chi connectivity index (χ1v) is 7.49. The molecule has 20 heavy (non-hydrogen) atoms. The molecule has 0 spiro atoms. The number of halogens is 1. The van der Waals surface area contributed by atoms with Gasteiger partial charge in [-0.2, -0.15) is 0 Å². The number of nitrogens with zero attached hydrogens (tertiary/aromatic N) is 1. The predicted molar refractivity (Wildman–Crippen MR) is 81.3 cm³/mol. The molecule has 1 aromatic rings. The summed E-state index contributed by atoms with van der Waals surface area (Å²) in [7, 11) is 1.54. The minimum absolute atomic E-state index is 0.195. The Kier molecular flexibility index (Phi) is 5.52. The summed E-state index contributed by atoms with van der Waals surface area (Å²) in [5, 5.41) is 10.7. The molecule has 1 saturated heterocycles. The lowest BCUT2D eigenvalue weighted by atomic mass is 9.93. The van der Waals surface area contributed by atoms with E-state index in [9.17, 15) is 5.11 Å². The third-order valence-corrected chi connectivity index (χ3v) is 4.23. The maximum absolute atomic E-state index is 10.2. The van der Waals surface area contributed by atoms with Crippen molar-refractivity contribution in [1.29, 1.82) is 0 Å². The van der Waals surface area contributed by atoms with E-state index in [1.807, 2.05) is 6.07 Å². The summed E-state index contributed by atoms with van der Waals surface area (Å²) in [5.74, 6) is 1.38. The maximum atomic E-state index is 10.2. The van der Waals surface area contributed by atoms with Gasteiger partial charge in [-0.3, -0.25) is 4.90 Å². The third kappa shape index (κ3) is 3.78. The highest BCUT2D eigenvalue weighted by atomic mass is 35.5. The number of phenols is 1. The fourth-order valence-electron chi connectivity index (χ4n) is 2.81. The molecule has 5 heteroatoms. The zero-order valence-electron chi connectivity index (χ0n) is 11.9. The number of likely N-dealkylation sites (tertiary alicyclic amines) is 1. The zero-order chi connectivity index (χ0) is 14.5. The second-order valence-electron chi connectivity index (χ2n) is 5.41. The molecule has 0 bridgehead atoms. The Morgan fingerprint density at radius 3 is 2.70 bits per heavy atom. The highest BCUT2D eigenvalue weighted by molar-refractivity contribution is 6.30. The fourth-order valence-corrected chi connectivity index (χ4v) is 3.05. The van der Waals surface area contributed by atoms with Crippen LogP contribution in [0.15, 0.2) is 12.1 Å². The molecule has 0 saturated carbocycles. The Morgan fingerprint density at radius 2 is 2.10 bits per heavy atom. The molecular weight excluding hydrogens is 276 g/mol. The van der Waals surface area contributed by atoms with Crippen molar-refractivity contribution in [2.24, 2.45) is 11.7 Å². The number of piperidine rings is 1. The Bertz CT molecular complexity index is 446. The highest BCUT2D eigenvalue weighted by Crippen LogP contribution is 2.34. The smallest absolute Gasteiger partial charge is 0.162 e. The van der Waals surface area contributed by atoms with E-state index in [0.29, 0.717) is 17.3 Å². The summed E-state index contributed by atoms with van der Waals surface area (Å²) in [6.07, 6.45) is 3.47. The van der Waals surface area contributed by atoms with Crippen molar-refractivity contribution in [2.45, 2.75) is 25.8 Å². The fraction of sp³-hybridized carbons (Fsp3) is 0.600. The van der Waals surface area contributed by atoms with Gasteiger partial charge in [-0.1, -0.05) is 11.6 Å². The number of ether oxygens (including phenoxy) is 1. The highest BCUT2D eigenvalue weighted by Gasteiger charge is 2.20. The molecule has 1 fully saturated rings. The first kappa shape index (κ1) is 15.4. The minimum atomic E-state index is 0.195. The van der Waals surface area contributed by atoms with Crippen LogP contribution in [0.3, 0.4) is 0 Å². The molecule has 0 aliphatic carbocycles. The molecule has 4 nitrogen and oxygen atoms in total. The average Bonchev–Trinajstić information content (AvgIpc) is 2.45. The van der Waals surface area contributed by atoms with Gasteiger partial charge in [-0.15, -0.1) is 0 Å². The number of nitrogens with two attached hydrogens (primary N) is 1. The van der Waals surface area contributed by atoms with Crippen LogP contribution in [0.5, 0.6) is 11.5 Å². The van der Waals surface area contributed by atoms with E-state index in [1.54, 1.807) is 6.07 Å². The second kappa shape index (κ2) is 7.16. The van der Waals surface area contributed by atoms with E-state index < -0.39 is 0 Å². The minimum Gasteiger partial charge on any atom is -0.504 e. The number of benzene rings is 1. The second-order valence-corrected chi connectivity index (χ2v) is 5.85. The molecule has 0 amide bonds. The van der Waals surface area contributed by atoms with Crippen molar-refractivity contribution >= 4 is 11.6 Å². The normalized spacial score (nSPS) is 17.4. The molecule has 1 heterocycles. The summed E-state index contributed by atoms with van der Waals surface area (Å²) in [6.45, 7) is 3.56. The SMILES string of the molecule is COc1cc(Cl)cc(CN2CCC(CCN)CC2)c1O. The number of hydrogen-bond donors (Lipinski definition) is 2. The molecule has 112 valence electrons. The van der Waals surface area contributed by atoms with E-state index in [4.69, 9.17) is 22.1 Å². The van der Waals surface area contributed by atoms with Crippen molar-refractivity contribution in [3.05, 3.63) is 22.7 Å². The molecule has 0 unspecified atom stereocenters. The van der Waals surface area contributed by atoms with E-state index >= 15 is 0 Å². The van der Waals surface area contributed by atoms with Crippen LogP contribution in [-0.4, -0.2) is 36.8 Å². The molecule has 3 N–H and O–H groups in total. The van der Waals surface area contributed by atoms with Crippen LogP contribution in [0.25, 0.3) is 0 Å². The largest absolute Gasteiger partial charge is 0.504 e. The van der Waals surface area contributed by atoms with Gasteiger partial charge in [0.2, 0.25) is 0 Å². The van der Waals surface area contributed by atoms with Gasteiger partial charge in [-0.25, -0.2) is 0 Å². The van der Waals surface area contributed by atoms with Gasteiger partial charge in [0.25, 0.3) is 0 Å². The van der Waals surface area contributed by atoms with E-state index in [1.165, 1.54) is 20.0 Å². The van der Waals surface area contributed by atoms with Crippen LogP contribution >= 0.6 is 11.6 Å². The standard InChI is InChI=1S/C15H23ClN2O2/c1-20-14-9-13(16)8-12(15(14)19)10-18-6-3-11(2-5-17)4-7-18/h8-9,11,19H,2-7,10,17H2,1H3. The van der Waals surface area contributed by atoms with Crippen molar-refractivity contribution < 1.29 is 9.84 Å². The quantitative estimate of drug-likeness (QED) is 0.877. The van der Waals surface area contributed by atoms with Gasteiger partial charge in [0.1, 0.15) is 0 Å². The van der Waals surface area contributed by atoms with Crippen LogP contribution < -0.4 is 10.5 Å².